The number of hydrogen-bond acceptors (Lipinski definition) is 2. The Bertz CT molecular complexity index is 407. The van der Waals surface area contributed by atoms with E-state index in [0.29, 0.717) is 0 Å². The van der Waals surface area contributed by atoms with E-state index in [1.54, 1.807) is 20.8 Å². The van der Waals surface area contributed by atoms with E-state index in [9.17, 15) is 17.7 Å². The molecule has 6 heteroatoms. The van der Waals surface area contributed by atoms with Crippen LogP contribution in [-0.2, 0) is 17.9 Å². The molecule has 0 aliphatic heterocycles. The molecule has 1 atom stereocenters. The summed E-state index contributed by atoms with van der Waals surface area (Å²) in [6, 6.07) is 3.81. The van der Waals surface area contributed by atoms with Crippen molar-refractivity contribution in [2.24, 2.45) is 0 Å². The molecule has 0 amide bonds. The zero-order valence-corrected chi connectivity index (χ0v) is 11.3. The Morgan fingerprint density at radius 3 is 2.44 bits per heavy atom. The molecule has 0 saturated carbocycles. The topological polar surface area (TPSA) is 35.1 Å². The Kier molecular flexibility index (Phi) is 5.07. The number of alkyl halides is 2. The van der Waals surface area contributed by atoms with Gasteiger partial charge in [0, 0.05) is 16.9 Å². The summed E-state index contributed by atoms with van der Waals surface area (Å²) in [5.41, 5.74) is -0.541. The molecule has 0 unspecified atom stereocenters. The molecule has 0 aliphatic carbocycles. The molecule has 0 bridgehead atoms. The fraction of sp³-hybridized carbons (Fsp3) is 0.500. The molecule has 1 rings (SSSR count). The van der Waals surface area contributed by atoms with Crippen LogP contribution < -0.4 is 4.72 Å². The van der Waals surface area contributed by atoms with E-state index in [1.165, 1.54) is 12.1 Å². The van der Waals surface area contributed by atoms with Crippen molar-refractivity contribution in [1.29, 1.82) is 0 Å². The number of rotatable bonds is 4. The molecule has 1 N–H and O–H groups in total. The van der Waals surface area contributed by atoms with Gasteiger partial charge in [0.25, 0.3) is 6.43 Å². The van der Waals surface area contributed by atoms with Crippen molar-refractivity contribution in [3.8, 4) is 0 Å². The van der Waals surface area contributed by atoms with Crippen LogP contribution in [0.25, 0.3) is 0 Å². The van der Waals surface area contributed by atoms with Gasteiger partial charge in [0.1, 0.15) is 10.6 Å². The highest BCUT2D eigenvalue weighted by molar-refractivity contribution is 7.90. The van der Waals surface area contributed by atoms with E-state index < -0.39 is 33.9 Å². The summed E-state index contributed by atoms with van der Waals surface area (Å²) in [7, 11) is 0. The average Bonchev–Trinajstić information content (AvgIpc) is 2.25. The molecule has 0 aliphatic rings. The minimum atomic E-state index is -2.85. The van der Waals surface area contributed by atoms with Gasteiger partial charge in [-0.2, -0.15) is 0 Å². The fourth-order valence-corrected chi connectivity index (χ4v) is 1.98. The van der Waals surface area contributed by atoms with E-state index in [-0.39, 0.29) is 12.1 Å². The van der Waals surface area contributed by atoms with Crippen LogP contribution in [0.3, 0.4) is 0 Å². The van der Waals surface area contributed by atoms with Gasteiger partial charge >= 0.3 is 0 Å². The summed E-state index contributed by atoms with van der Waals surface area (Å²) in [6.07, 6.45) is -2.85. The Hall–Kier alpha value is -0.720. The van der Waals surface area contributed by atoms with E-state index in [0.717, 1.165) is 6.07 Å². The normalized spacial score (nSPS) is 14.0. The second kappa shape index (κ2) is 5.95. The lowest BCUT2D eigenvalue weighted by atomic mass is 10.1. The Morgan fingerprint density at radius 2 is 1.94 bits per heavy atom. The number of benzene rings is 1. The zero-order valence-electron chi connectivity index (χ0n) is 10.5. The van der Waals surface area contributed by atoms with Crippen molar-refractivity contribution in [2.75, 3.05) is 0 Å². The molecular formula is C12H16F3NOS. The number of hydrogen-bond donors (Lipinski definition) is 1. The summed E-state index contributed by atoms with van der Waals surface area (Å²) in [4.78, 5) is 0. The third-order valence-electron chi connectivity index (χ3n) is 2.29. The summed E-state index contributed by atoms with van der Waals surface area (Å²) in [5, 5.41) is 0. The first kappa shape index (κ1) is 15.3. The van der Waals surface area contributed by atoms with E-state index >= 15 is 0 Å². The van der Waals surface area contributed by atoms with Gasteiger partial charge in [0.2, 0.25) is 0 Å². The summed E-state index contributed by atoms with van der Waals surface area (Å²) in [5.74, 6) is -0.939. The minimum absolute atomic E-state index is 0.0454. The lowest BCUT2D eigenvalue weighted by Crippen LogP contribution is -2.39. The Labute approximate surface area is 108 Å². The largest absolute Gasteiger partial charge is 0.598 e. The first-order chi connectivity index (χ1) is 8.23. The van der Waals surface area contributed by atoms with Crippen molar-refractivity contribution >= 4 is 11.4 Å². The maximum atomic E-state index is 13.7. The molecule has 0 radical (unpaired) electrons. The van der Waals surface area contributed by atoms with Gasteiger partial charge in [0.15, 0.2) is 0 Å². The standard InChI is InChI=1S/C12H16F3NOS/c1-12(2,3)18(17)16-7-8-5-4-6-9(10(8)13)11(14)15/h4-6,11,16H,7H2,1-3H3/t18-/m0/s1. The highest BCUT2D eigenvalue weighted by Gasteiger charge is 2.26. The minimum Gasteiger partial charge on any atom is -0.598 e. The lowest BCUT2D eigenvalue weighted by molar-refractivity contribution is 0.146. The van der Waals surface area contributed by atoms with Crippen LogP contribution in [0.15, 0.2) is 18.2 Å². The Balaban J connectivity index is 2.77. The number of nitrogens with one attached hydrogen (secondary N) is 1. The van der Waals surface area contributed by atoms with Crippen LogP contribution in [0.2, 0.25) is 0 Å². The molecule has 1 aromatic rings. The maximum Gasteiger partial charge on any atom is 0.266 e. The summed E-state index contributed by atoms with van der Waals surface area (Å²) in [6.45, 7) is 5.25. The lowest BCUT2D eigenvalue weighted by Gasteiger charge is -2.23. The second-order valence-corrected chi connectivity index (χ2v) is 6.87. The van der Waals surface area contributed by atoms with Crippen molar-refractivity contribution < 1.29 is 17.7 Å². The first-order valence-corrected chi connectivity index (χ1v) is 6.59. The molecule has 0 heterocycles. The van der Waals surface area contributed by atoms with Gasteiger partial charge in [-0.15, -0.1) is 4.72 Å². The molecule has 0 aromatic heterocycles. The molecular weight excluding hydrogens is 263 g/mol. The smallest absolute Gasteiger partial charge is 0.266 e. The first-order valence-electron chi connectivity index (χ1n) is 5.44. The van der Waals surface area contributed by atoms with Crippen LogP contribution in [0.4, 0.5) is 13.2 Å². The van der Waals surface area contributed by atoms with Crippen LogP contribution in [0.5, 0.6) is 0 Å². The van der Waals surface area contributed by atoms with E-state index in [2.05, 4.69) is 4.72 Å². The molecule has 2 nitrogen and oxygen atoms in total. The highest BCUT2D eigenvalue weighted by Crippen LogP contribution is 2.24. The molecule has 1 aromatic carbocycles. The van der Waals surface area contributed by atoms with Crippen LogP contribution in [-0.4, -0.2) is 9.30 Å². The SMILES string of the molecule is CC(C)(C)[S@+]([O-])NCc1cccc(C(F)F)c1F. The van der Waals surface area contributed by atoms with Gasteiger partial charge in [-0.05, 0) is 20.8 Å². The van der Waals surface area contributed by atoms with Gasteiger partial charge in [0.05, 0.1) is 12.1 Å². The highest BCUT2D eigenvalue weighted by atomic mass is 32.2. The van der Waals surface area contributed by atoms with Crippen molar-refractivity contribution in [2.45, 2.75) is 38.5 Å². The van der Waals surface area contributed by atoms with Crippen molar-refractivity contribution in [3.05, 3.63) is 35.1 Å². The second-order valence-electron chi connectivity index (χ2n) is 4.82. The third-order valence-corrected chi connectivity index (χ3v) is 3.81. The third kappa shape index (κ3) is 3.90. The van der Waals surface area contributed by atoms with E-state index in [4.69, 9.17) is 0 Å². The summed E-state index contributed by atoms with van der Waals surface area (Å²) < 4.78 is 52.4. The van der Waals surface area contributed by atoms with Crippen molar-refractivity contribution in [1.82, 2.24) is 4.72 Å². The van der Waals surface area contributed by atoms with Crippen molar-refractivity contribution in [3.63, 3.8) is 0 Å². The Morgan fingerprint density at radius 1 is 1.33 bits per heavy atom. The van der Waals surface area contributed by atoms with E-state index in [1.807, 2.05) is 0 Å². The maximum absolute atomic E-state index is 13.7. The monoisotopic (exact) mass is 279 g/mol. The summed E-state index contributed by atoms with van der Waals surface area (Å²) >= 11 is -1.37. The molecule has 0 fully saturated rings. The zero-order chi connectivity index (χ0) is 13.9. The van der Waals surface area contributed by atoms with Crippen LogP contribution in [0, 0.1) is 5.82 Å². The van der Waals surface area contributed by atoms with Crippen LogP contribution >= 0.6 is 0 Å². The van der Waals surface area contributed by atoms with Gasteiger partial charge in [-0.25, -0.2) is 13.2 Å². The predicted octanol–water partition coefficient (Wildman–Crippen LogP) is 3.32. The fourth-order valence-electron chi connectivity index (χ4n) is 1.26. The van der Waals surface area contributed by atoms with Gasteiger partial charge in [-0.3, -0.25) is 0 Å². The molecule has 0 saturated heterocycles. The average molecular weight is 279 g/mol. The predicted molar refractivity (Wildman–Crippen MR) is 66.1 cm³/mol. The number of halogens is 3. The molecule has 18 heavy (non-hydrogen) atoms. The van der Waals surface area contributed by atoms with Gasteiger partial charge in [-0.1, -0.05) is 18.2 Å². The molecule has 102 valence electrons. The van der Waals surface area contributed by atoms with Crippen LogP contribution in [0.1, 0.15) is 38.3 Å². The quantitative estimate of drug-likeness (QED) is 0.858. The molecule has 0 spiro atoms. The van der Waals surface area contributed by atoms with Gasteiger partial charge < -0.3 is 4.55 Å².